The zero-order valence-corrected chi connectivity index (χ0v) is 66.0. The minimum absolute atomic E-state index is 0.0293. The molecular formula is C96H95F3N12O3. The first kappa shape index (κ1) is 75.6. The maximum atomic E-state index is 15.3. The van der Waals surface area contributed by atoms with Gasteiger partial charge in [-0.1, -0.05) is 109 Å². The summed E-state index contributed by atoms with van der Waals surface area (Å²) in [5, 5.41) is 26.7. The quantitative estimate of drug-likeness (QED) is 0.0729. The monoisotopic (exact) mass is 1520 g/mol. The molecule has 2 N–H and O–H groups in total. The number of fused-ring (bicyclic) bond motifs is 10. The third kappa shape index (κ3) is 12.8. The number of pyridine rings is 3. The van der Waals surface area contributed by atoms with Crippen LogP contribution in [0.3, 0.4) is 0 Å². The molecule has 18 heteroatoms. The molecule has 15 nitrogen and oxygen atoms in total. The van der Waals surface area contributed by atoms with E-state index in [1.165, 1.54) is 31.0 Å². The summed E-state index contributed by atoms with van der Waals surface area (Å²) in [6.45, 7) is 39.0. The molecule has 0 amide bonds. The number of nitrogens with zero attached hydrogens (tertiary/aromatic N) is 12. The number of aliphatic hydroxyl groups is 2. The van der Waals surface area contributed by atoms with Crippen molar-refractivity contribution in [3.05, 3.63) is 285 Å². The van der Waals surface area contributed by atoms with E-state index in [0.717, 1.165) is 156 Å². The van der Waals surface area contributed by atoms with E-state index in [1.54, 1.807) is 36.5 Å². The second kappa shape index (κ2) is 29.1. The molecule has 10 aromatic rings. The first-order valence-electron chi connectivity index (χ1n) is 40.7. The predicted octanol–water partition coefficient (Wildman–Crippen LogP) is 22.8. The van der Waals surface area contributed by atoms with E-state index in [0.29, 0.717) is 112 Å². The zero-order chi connectivity index (χ0) is 79.4. The van der Waals surface area contributed by atoms with Crippen molar-refractivity contribution in [2.24, 2.45) is 28.6 Å². The molecule has 3 aromatic carbocycles. The van der Waals surface area contributed by atoms with E-state index in [4.69, 9.17) is 47.6 Å². The number of aromatic nitrogens is 10. The molecule has 0 spiro atoms. The van der Waals surface area contributed by atoms with Crippen LogP contribution in [0.5, 0.6) is 0 Å². The largest absolute Gasteiger partial charge is 0.523 e. The fraction of sp³-hybridized carbons (Fsp3) is 0.396. The Morgan fingerprint density at radius 1 is 0.474 bits per heavy atom. The number of rotatable bonds is 15. The standard InChI is InChI=1S/C32H31FN4O.C32H33FN4O.C32H31FN4O/c1-4-14-31(2)26-12-11-23-27(22-7-5-6-8-24(22)33)36-30(20-13-15-34-25(16-20)19-9-10-19)37-28(23)32(26,3)17-21-18-35-38-29(21)31;2*1-5-15-31(2)26-13-12-22-27(21-8-6-7-9-23(21)33)36-30(20-14-16-35-24(17-20)19-10-11-19)37-28(22)32(26,3)18-25(34-4)29(31)38/h4-8,13,15-16,18-19,26H,1,9-12,14,17H2,2-3H3;6-9,14,16-17,19,26,38H,5,10-13,15,18H2,1-3H3;5-9,14,16-17,19,26,38H,1,10-13,15,18H2,2-3H3/t3*26-,31-,32-/m111/s1. The molecule has 114 heavy (non-hydrogen) atoms. The average molecular weight is 1520 g/mol. The molecule has 9 atom stereocenters. The molecule has 0 saturated heterocycles. The van der Waals surface area contributed by atoms with Gasteiger partial charge in [-0.15, -0.1) is 13.2 Å². The molecule has 19 rings (SSSR count). The summed E-state index contributed by atoms with van der Waals surface area (Å²) >= 11 is 0. The van der Waals surface area contributed by atoms with E-state index >= 15 is 13.2 Å². The Balaban J connectivity index is 0.000000124. The lowest BCUT2D eigenvalue weighted by Gasteiger charge is -2.54. The Labute approximate surface area is 665 Å². The summed E-state index contributed by atoms with van der Waals surface area (Å²) < 4.78 is 51.6. The van der Waals surface area contributed by atoms with Crippen LogP contribution in [0.25, 0.3) is 77.6 Å². The van der Waals surface area contributed by atoms with E-state index in [9.17, 15) is 10.2 Å². The molecule has 0 aliphatic heterocycles. The molecule has 7 aromatic heterocycles. The van der Waals surface area contributed by atoms with Crippen molar-refractivity contribution in [2.45, 2.75) is 210 Å². The van der Waals surface area contributed by atoms with Crippen molar-refractivity contribution in [1.82, 2.24) is 50.0 Å². The third-order valence-corrected chi connectivity index (χ3v) is 27.4. The highest BCUT2D eigenvalue weighted by Gasteiger charge is 2.60. The smallest absolute Gasteiger partial charge is 0.203 e. The lowest BCUT2D eigenvalue weighted by atomic mass is 9.50. The van der Waals surface area contributed by atoms with Gasteiger partial charge in [0.2, 0.25) is 11.4 Å². The van der Waals surface area contributed by atoms with E-state index in [1.807, 2.05) is 80.1 Å². The first-order valence-corrected chi connectivity index (χ1v) is 40.7. The lowest BCUT2D eigenvalue weighted by Crippen LogP contribution is -2.53. The number of hydrogen-bond donors (Lipinski definition) is 2. The first-order chi connectivity index (χ1) is 55.0. The van der Waals surface area contributed by atoms with Crippen LogP contribution in [0.2, 0.25) is 0 Å². The zero-order valence-electron chi connectivity index (χ0n) is 66.0. The maximum absolute atomic E-state index is 15.3. The fourth-order valence-electron chi connectivity index (χ4n) is 21.5. The highest BCUT2D eigenvalue weighted by molar-refractivity contribution is 5.74. The van der Waals surface area contributed by atoms with Crippen LogP contribution in [0.4, 0.5) is 13.2 Å². The van der Waals surface area contributed by atoms with Gasteiger partial charge in [0.15, 0.2) is 17.5 Å². The van der Waals surface area contributed by atoms with E-state index in [2.05, 4.69) is 103 Å². The Morgan fingerprint density at radius 3 is 1.18 bits per heavy atom. The van der Waals surface area contributed by atoms with Crippen molar-refractivity contribution in [1.29, 1.82) is 0 Å². The van der Waals surface area contributed by atoms with Crippen molar-refractivity contribution < 1.29 is 27.9 Å². The molecule has 9 aliphatic rings. The summed E-state index contributed by atoms with van der Waals surface area (Å²) in [6.07, 6.45) is 27.3. The minimum Gasteiger partial charge on any atom is -0.523 e. The van der Waals surface area contributed by atoms with Gasteiger partial charge in [0, 0.05) is 142 Å². The Kier molecular flexibility index (Phi) is 19.3. The van der Waals surface area contributed by atoms with Gasteiger partial charge in [-0.05, 0) is 206 Å². The molecule has 0 radical (unpaired) electrons. The second-order valence-corrected chi connectivity index (χ2v) is 34.9. The van der Waals surface area contributed by atoms with Crippen LogP contribution in [-0.2, 0) is 47.3 Å². The van der Waals surface area contributed by atoms with E-state index < -0.39 is 21.7 Å². The van der Waals surface area contributed by atoms with Crippen molar-refractivity contribution in [3.63, 3.8) is 0 Å². The average Bonchev–Trinajstić information content (AvgIpc) is 1.00. The van der Waals surface area contributed by atoms with E-state index in [-0.39, 0.29) is 57.6 Å². The summed E-state index contributed by atoms with van der Waals surface area (Å²) in [4.78, 5) is 52.1. The van der Waals surface area contributed by atoms with Gasteiger partial charge in [-0.2, -0.15) is 0 Å². The number of aliphatic hydroxyl groups excluding tert-OH is 2. The third-order valence-electron chi connectivity index (χ3n) is 27.4. The number of allylic oxidation sites excluding steroid dienone is 6. The van der Waals surface area contributed by atoms with Gasteiger partial charge in [0.25, 0.3) is 0 Å². The number of hydrogen-bond acceptors (Lipinski definition) is 13. The molecule has 9 aliphatic carbocycles. The molecule has 7 heterocycles. The SMILES string of the molecule is C=CC[C@@]1(C)c2oncc2C[C@@]2(C)c3nc(-c4ccnc(C5CC5)c4)nc(-c4ccccc4F)c3CC[C@@H]21.[C-]#[N+]C1=C(O)[C@](C)(CC=C)[C@H]2CCc3c(-c4ccccc4F)nc(-c4ccnc(C5CC5)c4)nc3[C@]2(C)C1.[C-]#[N+]C1=C(O)[C@](C)(CCC)[C@H]2CCc3c(-c4ccccc4F)nc(-c4ccnc(C5CC5)c4)nc3[C@]2(C)C1. The normalized spacial score (nSPS) is 26.2. The van der Waals surface area contributed by atoms with Crippen LogP contribution in [-0.4, -0.2) is 60.2 Å². The fourth-order valence-corrected chi connectivity index (χ4v) is 21.5. The van der Waals surface area contributed by atoms with Gasteiger partial charge < -0.3 is 14.7 Å². The molecule has 3 fully saturated rings. The Morgan fingerprint density at radius 2 is 0.825 bits per heavy atom. The Hall–Kier alpha value is -11.1. The molecular weight excluding hydrogens is 1430 g/mol. The number of halogens is 3. The topological polar surface area (TPSA) is 191 Å². The van der Waals surface area contributed by atoms with Crippen LogP contribution in [0.1, 0.15) is 225 Å². The maximum Gasteiger partial charge on any atom is 0.203 e. The van der Waals surface area contributed by atoms with Crippen LogP contribution in [0.15, 0.2) is 187 Å². The van der Waals surface area contributed by atoms with Gasteiger partial charge in [0.05, 0.1) is 53.5 Å². The van der Waals surface area contributed by atoms with Crippen molar-refractivity contribution in [2.75, 3.05) is 0 Å². The summed E-state index contributed by atoms with van der Waals surface area (Å²) in [6, 6.07) is 32.6. The van der Waals surface area contributed by atoms with Crippen molar-refractivity contribution in [3.8, 4) is 67.9 Å². The Bertz CT molecular complexity index is 5710. The van der Waals surface area contributed by atoms with Gasteiger partial charge in [0.1, 0.15) is 34.7 Å². The molecule has 578 valence electrons. The highest BCUT2D eigenvalue weighted by Crippen LogP contribution is 2.64. The highest BCUT2D eigenvalue weighted by atomic mass is 19.1. The van der Waals surface area contributed by atoms with Gasteiger partial charge in [-0.25, -0.2) is 52.8 Å². The molecule has 0 unspecified atom stereocenters. The number of benzene rings is 3. The van der Waals surface area contributed by atoms with Crippen LogP contribution >= 0.6 is 0 Å². The molecule has 0 bridgehead atoms. The van der Waals surface area contributed by atoms with Crippen molar-refractivity contribution >= 4 is 0 Å². The summed E-state index contributed by atoms with van der Waals surface area (Å²) in [7, 11) is 0. The van der Waals surface area contributed by atoms with Crippen LogP contribution < -0.4 is 0 Å². The second-order valence-electron chi connectivity index (χ2n) is 34.9. The van der Waals surface area contributed by atoms with Crippen LogP contribution in [0, 0.1) is 59.2 Å². The van der Waals surface area contributed by atoms with Gasteiger partial charge >= 0.3 is 0 Å². The van der Waals surface area contributed by atoms with Gasteiger partial charge in [-0.3, -0.25) is 15.0 Å². The molecule has 3 saturated carbocycles. The summed E-state index contributed by atoms with van der Waals surface area (Å²) in [5.41, 5.74) is 14.1. The lowest BCUT2D eigenvalue weighted by molar-refractivity contribution is 0.0407. The predicted molar refractivity (Wildman–Crippen MR) is 435 cm³/mol. The summed E-state index contributed by atoms with van der Waals surface area (Å²) in [5.74, 6) is 4.11. The minimum atomic E-state index is -0.634.